The zero-order valence-electron chi connectivity index (χ0n) is 7.49. The van der Waals surface area contributed by atoms with Gasteiger partial charge in [0.2, 0.25) is 0 Å². The first-order valence-electron chi connectivity index (χ1n) is 3.52. The summed E-state index contributed by atoms with van der Waals surface area (Å²) in [6.45, 7) is -2.37. The van der Waals surface area contributed by atoms with Crippen molar-refractivity contribution >= 4 is 23.1 Å². The van der Waals surface area contributed by atoms with Crippen LogP contribution in [0.15, 0.2) is 12.1 Å². The van der Waals surface area contributed by atoms with E-state index in [1.54, 1.807) is 0 Å². The van der Waals surface area contributed by atoms with Gasteiger partial charge in [0.25, 0.3) is 0 Å². The Bertz CT molecular complexity index is 246. The topological polar surface area (TPSA) is 0 Å². The molecule has 0 unspecified atom stereocenters. The van der Waals surface area contributed by atoms with Crippen molar-refractivity contribution in [3.05, 3.63) is 34.9 Å². The van der Waals surface area contributed by atoms with Crippen LogP contribution in [0.2, 0.25) is 0 Å². The molecule has 0 radical (unpaired) electrons. The normalized spacial score (nSPS) is 8.79. The molecule has 0 bridgehead atoms. The molecule has 0 nitrogen and oxygen atoms in total. The molecular weight excluding hydrogens is 269 g/mol. The van der Waals surface area contributed by atoms with Gasteiger partial charge in [-0.3, -0.25) is 8.78 Å². The second-order valence-corrected chi connectivity index (χ2v) is 2.39. The number of hydrogen-bond acceptors (Lipinski definition) is 0. The fourth-order valence-electron chi connectivity index (χ4n) is 1.03. The molecule has 0 heterocycles. The van der Waals surface area contributed by atoms with Gasteiger partial charge >= 0.3 is 23.1 Å². The first-order chi connectivity index (χ1) is 5.83. The van der Waals surface area contributed by atoms with Crippen LogP contribution in [-0.2, 0) is 20.0 Å². The summed E-state index contributed by atoms with van der Waals surface area (Å²) in [7, 11) is 0. The summed E-state index contributed by atoms with van der Waals surface area (Å²) in [5, 5.41) is 0. The van der Waals surface area contributed by atoms with Gasteiger partial charge in [0.1, 0.15) is 0 Å². The van der Waals surface area contributed by atoms with E-state index >= 15 is 0 Å². The molecule has 0 aliphatic rings. The summed E-state index contributed by atoms with van der Waals surface area (Å²) >= 11 is 0. The second-order valence-electron chi connectivity index (χ2n) is 2.39. The first-order valence-corrected chi connectivity index (χ1v) is 3.52. The van der Waals surface area contributed by atoms with Gasteiger partial charge in [-0.1, -0.05) is 0 Å². The molecule has 0 aliphatic carbocycles. The molecular formula is C9H8BrF3Mg. The van der Waals surface area contributed by atoms with Crippen LogP contribution in [0.3, 0.4) is 0 Å². The van der Waals surface area contributed by atoms with Gasteiger partial charge in [0.05, 0.1) is 20.0 Å². The van der Waals surface area contributed by atoms with Crippen LogP contribution >= 0.6 is 0 Å². The predicted octanol–water partition coefficient (Wildman–Crippen LogP) is -0.482. The Kier molecular flexibility index (Phi) is 10.2. The van der Waals surface area contributed by atoms with E-state index in [0.29, 0.717) is 0 Å². The van der Waals surface area contributed by atoms with Crippen LogP contribution in [0.25, 0.3) is 0 Å². The average Bonchev–Trinajstić information content (AvgIpc) is 2.16. The van der Waals surface area contributed by atoms with Crippen molar-refractivity contribution in [1.29, 1.82) is 0 Å². The maximum atomic E-state index is 12.3. The predicted molar refractivity (Wildman–Crippen MR) is 45.5 cm³/mol. The smallest absolute Gasteiger partial charge is 1.00 e. The Morgan fingerprint density at radius 2 is 1.36 bits per heavy atom. The molecule has 0 N–H and O–H groups in total. The van der Waals surface area contributed by atoms with Crippen LogP contribution in [0.5, 0.6) is 0 Å². The summed E-state index contributed by atoms with van der Waals surface area (Å²) in [6.07, 6.45) is 0. The largest absolute Gasteiger partial charge is 2.00 e. The van der Waals surface area contributed by atoms with Gasteiger partial charge in [-0.05, 0) is 0 Å². The minimum absolute atomic E-state index is 0. The number of hydrogen-bond donors (Lipinski definition) is 0. The van der Waals surface area contributed by atoms with Gasteiger partial charge in [-0.2, -0.15) is 18.2 Å². The Morgan fingerprint density at radius 1 is 0.929 bits per heavy atom. The first kappa shape index (κ1) is 16.7. The minimum atomic E-state index is -0.826. The summed E-state index contributed by atoms with van der Waals surface area (Å²) in [4.78, 5) is 0. The van der Waals surface area contributed by atoms with E-state index in [4.69, 9.17) is 0 Å². The van der Waals surface area contributed by atoms with Crippen molar-refractivity contribution in [2.45, 2.75) is 20.0 Å². The van der Waals surface area contributed by atoms with Gasteiger partial charge in [-0.25, -0.2) is 4.39 Å². The standard InChI is InChI=1S/C9H8F3.BrH.Mg/c10-4-7-2-1-3-8(5-11)9(7)6-12;;/h2-3H,4-6H2;1H;/q-1;;+2/p-1. The van der Waals surface area contributed by atoms with Crippen molar-refractivity contribution in [1.82, 2.24) is 0 Å². The Labute approximate surface area is 108 Å². The molecule has 0 aromatic heterocycles. The minimum Gasteiger partial charge on any atom is -1.00 e. The molecule has 0 spiro atoms. The number of rotatable bonds is 3. The third-order valence-corrected chi connectivity index (χ3v) is 1.71. The van der Waals surface area contributed by atoms with Crippen LogP contribution in [0.1, 0.15) is 16.7 Å². The fraction of sp³-hybridized carbons (Fsp3) is 0.333. The van der Waals surface area contributed by atoms with Crippen LogP contribution in [0.4, 0.5) is 13.2 Å². The van der Waals surface area contributed by atoms with Crippen LogP contribution in [0, 0.1) is 6.07 Å². The van der Waals surface area contributed by atoms with E-state index in [9.17, 15) is 13.2 Å². The number of halogens is 4. The monoisotopic (exact) mass is 276 g/mol. The zero-order valence-corrected chi connectivity index (χ0v) is 10.5. The third-order valence-electron chi connectivity index (χ3n) is 1.71. The summed E-state index contributed by atoms with van der Waals surface area (Å²) in [5.74, 6) is 0. The summed E-state index contributed by atoms with van der Waals surface area (Å²) in [5.41, 5.74) is 0.499. The maximum absolute atomic E-state index is 12.3. The van der Waals surface area contributed by atoms with Gasteiger partial charge in [0.15, 0.2) is 0 Å². The van der Waals surface area contributed by atoms with Crippen molar-refractivity contribution in [2.75, 3.05) is 0 Å². The molecule has 0 saturated carbocycles. The summed E-state index contributed by atoms with van der Waals surface area (Å²) in [6, 6.07) is 5.24. The Hall–Kier alpha value is 0.256. The van der Waals surface area contributed by atoms with E-state index < -0.39 is 20.0 Å². The van der Waals surface area contributed by atoms with Crippen molar-refractivity contribution in [2.24, 2.45) is 0 Å². The molecule has 0 amide bonds. The zero-order chi connectivity index (χ0) is 8.97. The molecule has 1 aromatic rings. The molecule has 0 aliphatic heterocycles. The van der Waals surface area contributed by atoms with Gasteiger partial charge in [0, 0.05) is 0 Å². The van der Waals surface area contributed by atoms with E-state index in [1.165, 1.54) is 12.1 Å². The Morgan fingerprint density at radius 3 is 1.64 bits per heavy atom. The molecule has 0 atom stereocenters. The van der Waals surface area contributed by atoms with E-state index in [0.717, 1.165) is 0 Å². The van der Waals surface area contributed by atoms with Crippen molar-refractivity contribution < 1.29 is 30.2 Å². The number of alkyl halides is 3. The quantitative estimate of drug-likeness (QED) is 0.517. The maximum Gasteiger partial charge on any atom is 2.00 e. The van der Waals surface area contributed by atoms with Crippen LogP contribution in [-0.4, -0.2) is 23.1 Å². The fourth-order valence-corrected chi connectivity index (χ4v) is 1.03. The molecule has 1 rings (SSSR count). The molecule has 0 fully saturated rings. The van der Waals surface area contributed by atoms with E-state index in [2.05, 4.69) is 6.07 Å². The molecule has 0 saturated heterocycles. The van der Waals surface area contributed by atoms with Crippen molar-refractivity contribution in [3.63, 3.8) is 0 Å². The van der Waals surface area contributed by atoms with Gasteiger partial charge in [-0.15, -0.1) is 16.7 Å². The SMILES string of the molecule is FCc1c[c-]cc(CF)c1CF.[Br-].[Mg+2]. The Balaban J connectivity index is 0. The summed E-state index contributed by atoms with van der Waals surface area (Å²) < 4.78 is 36.6. The van der Waals surface area contributed by atoms with E-state index in [-0.39, 0.29) is 56.7 Å². The molecule has 5 heteroatoms. The second kappa shape index (κ2) is 8.56. The van der Waals surface area contributed by atoms with E-state index in [1.807, 2.05) is 0 Å². The van der Waals surface area contributed by atoms with Crippen molar-refractivity contribution in [3.8, 4) is 0 Å². The number of benzene rings is 1. The molecule has 1 aromatic carbocycles. The molecule has 74 valence electrons. The third kappa shape index (κ3) is 3.78. The van der Waals surface area contributed by atoms with Crippen LogP contribution < -0.4 is 17.0 Å². The van der Waals surface area contributed by atoms with Gasteiger partial charge < -0.3 is 17.0 Å². The average molecular weight is 277 g/mol. The molecule has 14 heavy (non-hydrogen) atoms.